The van der Waals surface area contributed by atoms with Gasteiger partial charge < -0.3 is 4.48 Å². The average Bonchev–Trinajstić information content (AvgIpc) is 2.32. The van der Waals surface area contributed by atoms with Gasteiger partial charge in [0.2, 0.25) is 0 Å². The molecule has 0 aliphatic heterocycles. The molecule has 0 rings (SSSR count). The predicted molar refractivity (Wildman–Crippen MR) is 92.2 cm³/mol. The van der Waals surface area contributed by atoms with Crippen LogP contribution in [0, 0.1) is 0 Å². The molecule has 0 heterocycles. The van der Waals surface area contributed by atoms with Crippen LogP contribution in [-0.4, -0.2) is 49.4 Å². The Bertz CT molecular complexity index is 325. The summed E-state index contributed by atoms with van der Waals surface area (Å²) in [6.45, 7) is 11.2. The van der Waals surface area contributed by atoms with Gasteiger partial charge in [0, 0.05) is 0 Å². The Kier molecular flexibility index (Phi) is 12.6. The van der Waals surface area contributed by atoms with Gasteiger partial charge in [-0.2, -0.15) is 8.42 Å². The summed E-state index contributed by atoms with van der Waals surface area (Å²) < 4.78 is 30.1. The lowest BCUT2D eigenvalue weighted by atomic mass is 10.1. The highest BCUT2D eigenvalue weighted by molar-refractivity contribution is 7.85. The number of nitrogens with zero attached hydrogens (tertiary/aromatic N) is 1. The summed E-state index contributed by atoms with van der Waals surface area (Å²) in [4.78, 5) is 0. The van der Waals surface area contributed by atoms with Gasteiger partial charge in [-0.05, 0) is 34.1 Å². The molecule has 0 atom stereocenters. The molecule has 0 fully saturated rings. The number of unbranched alkanes of at least 4 members (excludes halogenated alkanes) is 5. The standard InChI is InChI=1S/C8H20N.C8H18O3S/c1-7(2)9(5,6)8(3)4;1-2-3-4-5-6-7-8-12(9,10)11/h7-8H,1-6H3;2-8H2,1H3,(H,9,10,11)/q+1;. The first-order chi connectivity index (χ1) is 9.45. The predicted octanol–water partition coefficient (Wildman–Crippen LogP) is 4.11. The van der Waals surface area contributed by atoms with E-state index in [2.05, 4.69) is 48.7 Å². The molecule has 0 bridgehead atoms. The Labute approximate surface area is 133 Å². The van der Waals surface area contributed by atoms with Crippen LogP contribution in [0.25, 0.3) is 0 Å². The van der Waals surface area contributed by atoms with E-state index in [4.69, 9.17) is 4.55 Å². The van der Waals surface area contributed by atoms with Crippen molar-refractivity contribution in [3.8, 4) is 0 Å². The zero-order valence-corrected chi connectivity index (χ0v) is 16.0. The van der Waals surface area contributed by atoms with Crippen molar-refractivity contribution in [2.45, 2.75) is 85.2 Å². The molecule has 0 amide bonds. The van der Waals surface area contributed by atoms with E-state index in [-0.39, 0.29) is 5.75 Å². The maximum absolute atomic E-state index is 10.3. The summed E-state index contributed by atoms with van der Waals surface area (Å²) in [5.74, 6) is -0.0842. The third-order valence-corrected chi connectivity index (χ3v) is 5.22. The molecular formula is C16H38NO3S+. The number of hydrogen-bond acceptors (Lipinski definition) is 2. The van der Waals surface area contributed by atoms with Crippen LogP contribution in [0.5, 0.6) is 0 Å². The normalized spacial score (nSPS) is 12.5. The van der Waals surface area contributed by atoms with E-state index in [0.717, 1.165) is 29.4 Å². The monoisotopic (exact) mass is 324 g/mol. The maximum atomic E-state index is 10.3. The summed E-state index contributed by atoms with van der Waals surface area (Å²) in [6.07, 6.45) is 6.14. The van der Waals surface area contributed by atoms with Gasteiger partial charge in [-0.3, -0.25) is 4.55 Å². The number of quaternary nitrogens is 1. The summed E-state index contributed by atoms with van der Waals surface area (Å²) in [5.41, 5.74) is 0. The van der Waals surface area contributed by atoms with Crippen molar-refractivity contribution < 1.29 is 17.5 Å². The van der Waals surface area contributed by atoms with E-state index in [1.165, 1.54) is 19.3 Å². The fraction of sp³-hybridized carbons (Fsp3) is 1.00. The van der Waals surface area contributed by atoms with Crippen LogP contribution in [0.1, 0.15) is 73.1 Å². The molecule has 1 N–H and O–H groups in total. The van der Waals surface area contributed by atoms with Crippen molar-refractivity contribution in [2.75, 3.05) is 19.8 Å². The van der Waals surface area contributed by atoms with Gasteiger partial charge in [0.15, 0.2) is 0 Å². The number of hydrogen-bond donors (Lipinski definition) is 1. The van der Waals surface area contributed by atoms with Crippen LogP contribution >= 0.6 is 0 Å². The fourth-order valence-corrected chi connectivity index (χ4v) is 2.23. The first kappa shape index (κ1) is 23.1. The molecule has 21 heavy (non-hydrogen) atoms. The lowest BCUT2D eigenvalue weighted by Gasteiger charge is -2.38. The first-order valence-electron chi connectivity index (χ1n) is 8.23. The lowest BCUT2D eigenvalue weighted by molar-refractivity contribution is -0.931. The van der Waals surface area contributed by atoms with Crippen LogP contribution in [0.3, 0.4) is 0 Å². The lowest BCUT2D eigenvalue weighted by Crippen LogP contribution is -2.50. The smallest absolute Gasteiger partial charge is 0.264 e. The maximum Gasteiger partial charge on any atom is 0.264 e. The van der Waals surface area contributed by atoms with Gasteiger partial charge in [0.05, 0.1) is 31.9 Å². The molecule has 0 aromatic rings. The highest BCUT2D eigenvalue weighted by Gasteiger charge is 2.22. The molecule has 130 valence electrons. The second-order valence-electron chi connectivity index (χ2n) is 6.87. The molecule has 0 radical (unpaired) electrons. The third kappa shape index (κ3) is 14.6. The van der Waals surface area contributed by atoms with Gasteiger partial charge in [-0.1, -0.05) is 39.0 Å². The summed E-state index contributed by atoms with van der Waals surface area (Å²) in [6, 6.07) is 1.45. The topological polar surface area (TPSA) is 54.4 Å². The second-order valence-corrected chi connectivity index (χ2v) is 8.44. The molecule has 0 saturated heterocycles. The Balaban J connectivity index is 0. The quantitative estimate of drug-likeness (QED) is 0.394. The molecule has 4 nitrogen and oxygen atoms in total. The van der Waals surface area contributed by atoms with Gasteiger partial charge >= 0.3 is 0 Å². The zero-order chi connectivity index (χ0) is 17.1. The average molecular weight is 325 g/mol. The first-order valence-corrected chi connectivity index (χ1v) is 9.84. The number of rotatable bonds is 9. The molecular weight excluding hydrogens is 286 g/mol. The minimum atomic E-state index is -3.72. The molecule has 0 saturated carbocycles. The SMILES string of the molecule is CC(C)[N+](C)(C)C(C)C.CCCCCCCCS(=O)(=O)O. The third-order valence-electron chi connectivity index (χ3n) is 4.42. The molecule has 0 aromatic carbocycles. The Morgan fingerprint density at radius 3 is 1.52 bits per heavy atom. The van der Waals surface area contributed by atoms with Crippen molar-refractivity contribution in [1.82, 2.24) is 0 Å². The molecule has 5 heteroatoms. The Hall–Kier alpha value is -0.130. The summed E-state index contributed by atoms with van der Waals surface area (Å²) in [5, 5.41) is 0. The Morgan fingerprint density at radius 2 is 1.24 bits per heavy atom. The van der Waals surface area contributed by atoms with E-state index in [0.29, 0.717) is 6.42 Å². The van der Waals surface area contributed by atoms with Gasteiger partial charge in [0.25, 0.3) is 10.1 Å². The van der Waals surface area contributed by atoms with Crippen molar-refractivity contribution in [3.05, 3.63) is 0 Å². The van der Waals surface area contributed by atoms with Crippen molar-refractivity contribution in [2.24, 2.45) is 0 Å². The summed E-state index contributed by atoms with van der Waals surface area (Å²) in [7, 11) is 0.829. The van der Waals surface area contributed by atoms with Crippen molar-refractivity contribution in [3.63, 3.8) is 0 Å². The van der Waals surface area contributed by atoms with Crippen LogP contribution in [0.4, 0.5) is 0 Å². The minimum Gasteiger partial charge on any atom is -0.325 e. The highest BCUT2D eigenvalue weighted by atomic mass is 32.2. The van der Waals surface area contributed by atoms with Crippen molar-refractivity contribution >= 4 is 10.1 Å². The van der Waals surface area contributed by atoms with E-state index >= 15 is 0 Å². The highest BCUT2D eigenvalue weighted by Crippen LogP contribution is 2.10. The molecule has 0 unspecified atom stereocenters. The molecule has 0 aliphatic carbocycles. The van der Waals surface area contributed by atoms with Crippen LogP contribution in [-0.2, 0) is 10.1 Å². The molecule has 0 aromatic heterocycles. The second kappa shape index (κ2) is 11.4. The van der Waals surface area contributed by atoms with Crippen molar-refractivity contribution in [1.29, 1.82) is 0 Å². The van der Waals surface area contributed by atoms with E-state index in [1.807, 2.05) is 0 Å². The molecule has 0 spiro atoms. The van der Waals surface area contributed by atoms with Gasteiger partial charge in [-0.15, -0.1) is 0 Å². The van der Waals surface area contributed by atoms with E-state index in [9.17, 15) is 8.42 Å². The molecule has 0 aliphatic rings. The zero-order valence-electron chi connectivity index (χ0n) is 15.2. The van der Waals surface area contributed by atoms with E-state index < -0.39 is 10.1 Å². The van der Waals surface area contributed by atoms with Gasteiger partial charge in [0.1, 0.15) is 0 Å². The summed E-state index contributed by atoms with van der Waals surface area (Å²) >= 11 is 0. The van der Waals surface area contributed by atoms with Crippen LogP contribution < -0.4 is 0 Å². The minimum absolute atomic E-state index is 0.0842. The van der Waals surface area contributed by atoms with Crippen LogP contribution in [0.15, 0.2) is 0 Å². The fourth-order valence-electron chi connectivity index (χ4n) is 1.66. The largest absolute Gasteiger partial charge is 0.325 e. The van der Waals surface area contributed by atoms with Gasteiger partial charge in [-0.25, -0.2) is 0 Å². The Morgan fingerprint density at radius 1 is 0.857 bits per heavy atom. The van der Waals surface area contributed by atoms with Crippen LogP contribution in [0.2, 0.25) is 0 Å². The van der Waals surface area contributed by atoms with E-state index in [1.54, 1.807) is 0 Å².